The Morgan fingerprint density at radius 3 is 2.84 bits per heavy atom. The van der Waals surface area contributed by atoms with Crippen LogP contribution in [0.2, 0.25) is 0 Å². The molecule has 0 saturated carbocycles. The third-order valence-electron chi connectivity index (χ3n) is 3.84. The van der Waals surface area contributed by atoms with Crippen molar-refractivity contribution < 1.29 is 4.42 Å². The van der Waals surface area contributed by atoms with E-state index in [1.165, 1.54) is 29.7 Å². The molecule has 0 aromatic carbocycles. The third-order valence-corrected chi connectivity index (χ3v) is 3.84. The van der Waals surface area contributed by atoms with Crippen molar-refractivity contribution >= 4 is 5.82 Å². The second-order valence-electron chi connectivity index (χ2n) is 5.39. The molecule has 100 valence electrons. The molecule has 0 radical (unpaired) electrons. The molecule has 0 aliphatic heterocycles. The molecule has 0 saturated heterocycles. The molecule has 3 rings (SSSR count). The first-order valence-corrected chi connectivity index (χ1v) is 6.96. The fourth-order valence-electron chi connectivity index (χ4n) is 2.88. The first kappa shape index (κ1) is 12.3. The lowest BCUT2D eigenvalue weighted by Crippen LogP contribution is -2.09. The van der Waals surface area contributed by atoms with E-state index in [0.29, 0.717) is 0 Å². The summed E-state index contributed by atoms with van der Waals surface area (Å²) in [6, 6.07) is 6.60. The predicted octanol–water partition coefficient (Wildman–Crippen LogP) is 3.95. The van der Waals surface area contributed by atoms with Crippen LogP contribution in [0.25, 0.3) is 0 Å². The maximum atomic E-state index is 5.59. The molecule has 0 fully saturated rings. The molecule has 2 heterocycles. The highest BCUT2D eigenvalue weighted by Gasteiger charge is 2.15. The van der Waals surface area contributed by atoms with E-state index in [1.54, 1.807) is 0 Å². The van der Waals surface area contributed by atoms with Gasteiger partial charge in [-0.25, -0.2) is 4.98 Å². The molecule has 0 bridgehead atoms. The number of nitrogens with one attached hydrogen (secondary N) is 1. The van der Waals surface area contributed by atoms with Crippen LogP contribution in [0.5, 0.6) is 0 Å². The molecule has 1 unspecified atom stereocenters. The van der Waals surface area contributed by atoms with Gasteiger partial charge in [0.1, 0.15) is 17.3 Å². The molecule has 0 spiro atoms. The molecule has 3 heteroatoms. The highest BCUT2D eigenvalue weighted by molar-refractivity contribution is 5.43. The van der Waals surface area contributed by atoms with Gasteiger partial charge >= 0.3 is 0 Å². The quantitative estimate of drug-likeness (QED) is 0.903. The summed E-state index contributed by atoms with van der Waals surface area (Å²) in [5.74, 6) is 2.91. The minimum absolute atomic E-state index is 0.212. The molecule has 0 amide bonds. The van der Waals surface area contributed by atoms with Crippen molar-refractivity contribution in [3.8, 4) is 0 Å². The smallest absolute Gasteiger partial charge is 0.126 e. The van der Waals surface area contributed by atoms with Gasteiger partial charge in [-0.05, 0) is 57.7 Å². The van der Waals surface area contributed by atoms with Gasteiger partial charge in [0.25, 0.3) is 0 Å². The second kappa shape index (κ2) is 4.72. The average Bonchev–Trinajstić information content (AvgIpc) is 2.94. The Morgan fingerprint density at radius 2 is 2.11 bits per heavy atom. The Hall–Kier alpha value is -1.77. The number of anilines is 1. The first-order valence-electron chi connectivity index (χ1n) is 6.96. The molecule has 2 aromatic heterocycles. The number of rotatable bonds is 3. The molecule has 1 aliphatic carbocycles. The molecular formula is C16H20N2O. The van der Waals surface area contributed by atoms with Crippen molar-refractivity contribution in [3.05, 3.63) is 46.5 Å². The Balaban J connectivity index is 1.79. The standard InChI is InChI=1S/C16H20N2O/c1-10-9-14(12(3)19-10)11(2)17-16-8-7-13-5-4-6-15(13)18-16/h7-9,11H,4-6H2,1-3H3,(H,17,18). The third kappa shape index (κ3) is 2.37. The zero-order valence-electron chi connectivity index (χ0n) is 11.8. The summed E-state index contributed by atoms with van der Waals surface area (Å²) >= 11 is 0. The zero-order chi connectivity index (χ0) is 13.4. The Kier molecular flexibility index (Phi) is 3.05. The van der Waals surface area contributed by atoms with Crippen LogP contribution in [0.3, 0.4) is 0 Å². The lowest BCUT2D eigenvalue weighted by molar-refractivity contribution is 0.500. The Bertz CT molecular complexity index is 601. The highest BCUT2D eigenvalue weighted by Crippen LogP contribution is 2.26. The van der Waals surface area contributed by atoms with Gasteiger partial charge in [0.15, 0.2) is 0 Å². The average molecular weight is 256 g/mol. The minimum Gasteiger partial charge on any atom is -0.466 e. The van der Waals surface area contributed by atoms with E-state index in [2.05, 4.69) is 30.4 Å². The maximum Gasteiger partial charge on any atom is 0.126 e. The van der Waals surface area contributed by atoms with Crippen LogP contribution in [-0.4, -0.2) is 4.98 Å². The molecule has 1 N–H and O–H groups in total. The lowest BCUT2D eigenvalue weighted by atomic mass is 10.1. The molecular weight excluding hydrogens is 236 g/mol. The van der Waals surface area contributed by atoms with E-state index in [-0.39, 0.29) is 6.04 Å². The van der Waals surface area contributed by atoms with E-state index in [0.717, 1.165) is 23.8 Å². The van der Waals surface area contributed by atoms with Gasteiger partial charge in [-0.15, -0.1) is 0 Å². The Morgan fingerprint density at radius 1 is 1.26 bits per heavy atom. The van der Waals surface area contributed by atoms with E-state index >= 15 is 0 Å². The number of fused-ring (bicyclic) bond motifs is 1. The first-order chi connectivity index (χ1) is 9.13. The van der Waals surface area contributed by atoms with Crippen molar-refractivity contribution in [2.24, 2.45) is 0 Å². The molecule has 2 aromatic rings. The summed E-state index contributed by atoms with van der Waals surface area (Å²) in [4.78, 5) is 4.71. The van der Waals surface area contributed by atoms with Crippen LogP contribution >= 0.6 is 0 Å². The van der Waals surface area contributed by atoms with Crippen LogP contribution in [0.15, 0.2) is 22.6 Å². The number of aryl methyl sites for hydroxylation is 4. The van der Waals surface area contributed by atoms with Crippen molar-refractivity contribution in [3.63, 3.8) is 0 Å². The number of aromatic nitrogens is 1. The van der Waals surface area contributed by atoms with Crippen LogP contribution in [0.4, 0.5) is 5.82 Å². The predicted molar refractivity (Wildman–Crippen MR) is 76.5 cm³/mol. The SMILES string of the molecule is Cc1cc(C(C)Nc2ccc3c(n2)CCC3)c(C)o1. The monoisotopic (exact) mass is 256 g/mol. The van der Waals surface area contributed by atoms with Crippen LogP contribution in [-0.2, 0) is 12.8 Å². The van der Waals surface area contributed by atoms with Gasteiger partial charge in [-0.2, -0.15) is 0 Å². The number of nitrogens with zero attached hydrogens (tertiary/aromatic N) is 1. The van der Waals surface area contributed by atoms with Crippen LogP contribution in [0.1, 0.15) is 47.7 Å². The fraction of sp³-hybridized carbons (Fsp3) is 0.438. The summed E-state index contributed by atoms with van der Waals surface area (Å²) in [6.07, 6.45) is 3.53. The van der Waals surface area contributed by atoms with Gasteiger partial charge in [0.05, 0.1) is 6.04 Å². The lowest BCUT2D eigenvalue weighted by Gasteiger charge is -2.14. The number of furan rings is 1. The number of hydrogen-bond acceptors (Lipinski definition) is 3. The molecule has 3 nitrogen and oxygen atoms in total. The van der Waals surface area contributed by atoms with Crippen molar-refractivity contribution in [2.45, 2.75) is 46.1 Å². The maximum absolute atomic E-state index is 5.59. The minimum atomic E-state index is 0.212. The summed E-state index contributed by atoms with van der Waals surface area (Å²) < 4.78 is 5.59. The van der Waals surface area contributed by atoms with E-state index in [1.807, 2.05) is 13.8 Å². The molecule has 1 aliphatic rings. The summed E-state index contributed by atoms with van der Waals surface area (Å²) in [7, 11) is 0. The Labute approximate surface area is 114 Å². The van der Waals surface area contributed by atoms with E-state index in [9.17, 15) is 0 Å². The summed E-state index contributed by atoms with van der Waals surface area (Å²) in [5.41, 5.74) is 3.88. The second-order valence-corrected chi connectivity index (χ2v) is 5.39. The van der Waals surface area contributed by atoms with E-state index < -0.39 is 0 Å². The fourth-order valence-corrected chi connectivity index (χ4v) is 2.88. The number of pyridine rings is 1. The van der Waals surface area contributed by atoms with Gasteiger partial charge < -0.3 is 9.73 Å². The van der Waals surface area contributed by atoms with Crippen molar-refractivity contribution in [2.75, 3.05) is 5.32 Å². The highest BCUT2D eigenvalue weighted by atomic mass is 16.3. The zero-order valence-corrected chi connectivity index (χ0v) is 11.8. The normalized spacial score (nSPS) is 15.3. The van der Waals surface area contributed by atoms with Gasteiger partial charge in [0.2, 0.25) is 0 Å². The summed E-state index contributed by atoms with van der Waals surface area (Å²) in [6.45, 7) is 6.14. The van der Waals surface area contributed by atoms with Crippen LogP contribution in [0, 0.1) is 13.8 Å². The largest absolute Gasteiger partial charge is 0.466 e. The van der Waals surface area contributed by atoms with Crippen LogP contribution < -0.4 is 5.32 Å². The number of hydrogen-bond donors (Lipinski definition) is 1. The molecule has 1 atom stereocenters. The van der Waals surface area contributed by atoms with Gasteiger partial charge in [0, 0.05) is 11.3 Å². The van der Waals surface area contributed by atoms with Crippen molar-refractivity contribution in [1.82, 2.24) is 4.98 Å². The van der Waals surface area contributed by atoms with Gasteiger partial charge in [-0.1, -0.05) is 6.07 Å². The molecule has 19 heavy (non-hydrogen) atoms. The summed E-state index contributed by atoms with van der Waals surface area (Å²) in [5, 5.41) is 3.47. The topological polar surface area (TPSA) is 38.1 Å². The van der Waals surface area contributed by atoms with Crippen molar-refractivity contribution in [1.29, 1.82) is 0 Å². The van der Waals surface area contributed by atoms with E-state index in [4.69, 9.17) is 9.40 Å². The van der Waals surface area contributed by atoms with Gasteiger partial charge in [-0.3, -0.25) is 0 Å².